The third-order valence-electron chi connectivity index (χ3n) is 5.29. The normalized spacial score (nSPS) is 19.5. The van der Waals surface area contributed by atoms with Gasteiger partial charge in [0.05, 0.1) is 19.9 Å². The minimum Gasteiger partial charge on any atom is -0.481 e. The predicted molar refractivity (Wildman–Crippen MR) is 106 cm³/mol. The first-order valence-electron chi connectivity index (χ1n) is 9.24. The van der Waals surface area contributed by atoms with Gasteiger partial charge in [0, 0.05) is 17.2 Å². The molecule has 152 valence electrons. The van der Waals surface area contributed by atoms with Crippen molar-refractivity contribution in [3.63, 3.8) is 0 Å². The van der Waals surface area contributed by atoms with Crippen molar-refractivity contribution in [1.82, 2.24) is 4.98 Å². The molecular weight excluding hydrogens is 392 g/mol. The van der Waals surface area contributed by atoms with E-state index >= 15 is 0 Å². The van der Waals surface area contributed by atoms with Crippen LogP contribution in [0.3, 0.4) is 0 Å². The van der Waals surface area contributed by atoms with Gasteiger partial charge in [0.15, 0.2) is 17.4 Å². The summed E-state index contributed by atoms with van der Waals surface area (Å²) in [5.41, 5.74) is 7.69. The lowest BCUT2D eigenvalue weighted by molar-refractivity contribution is 0.109. The summed E-state index contributed by atoms with van der Waals surface area (Å²) in [5, 5.41) is 0. The fourth-order valence-electron chi connectivity index (χ4n) is 3.89. The number of methoxy groups -OCH3 is 1. The second kappa shape index (κ2) is 6.77. The van der Waals surface area contributed by atoms with Crippen LogP contribution < -0.4 is 15.2 Å². The summed E-state index contributed by atoms with van der Waals surface area (Å²) < 4.78 is 44.3. The monoisotopic (exact) mass is 409 g/mol. The highest BCUT2D eigenvalue weighted by Crippen LogP contribution is 2.51. The number of amidine groups is 1. The van der Waals surface area contributed by atoms with Gasteiger partial charge in [-0.1, -0.05) is 12.1 Å². The van der Waals surface area contributed by atoms with E-state index < -0.39 is 17.2 Å². The van der Waals surface area contributed by atoms with Crippen LogP contribution in [-0.2, 0) is 10.3 Å². The number of ether oxygens (including phenoxy) is 3. The number of nitrogens with zero attached hydrogens (tertiary/aromatic N) is 2. The molecule has 0 saturated heterocycles. The Hall–Kier alpha value is -3.52. The van der Waals surface area contributed by atoms with Crippen molar-refractivity contribution in [2.75, 3.05) is 20.3 Å². The van der Waals surface area contributed by atoms with Crippen molar-refractivity contribution >= 4 is 5.84 Å². The summed E-state index contributed by atoms with van der Waals surface area (Å²) in [6, 6.07) is 10.9. The Labute approximate surface area is 170 Å². The largest absolute Gasteiger partial charge is 0.481 e. The molecule has 2 aliphatic heterocycles. The van der Waals surface area contributed by atoms with Gasteiger partial charge < -0.3 is 19.9 Å². The average molecular weight is 409 g/mol. The summed E-state index contributed by atoms with van der Waals surface area (Å²) in [5.74, 6) is 0.00260. The molecule has 2 N–H and O–H groups in total. The molecule has 6 nitrogen and oxygen atoms in total. The van der Waals surface area contributed by atoms with Gasteiger partial charge >= 0.3 is 0 Å². The number of aliphatic imine (C=N–C) groups is 1. The molecule has 0 fully saturated rings. The zero-order valence-electron chi connectivity index (χ0n) is 16.0. The van der Waals surface area contributed by atoms with Crippen LogP contribution in [-0.4, -0.2) is 31.1 Å². The summed E-state index contributed by atoms with van der Waals surface area (Å²) >= 11 is 0. The van der Waals surface area contributed by atoms with E-state index in [1.165, 1.54) is 13.2 Å². The summed E-state index contributed by atoms with van der Waals surface area (Å²) in [4.78, 5) is 8.99. The molecule has 1 unspecified atom stereocenters. The van der Waals surface area contributed by atoms with E-state index in [0.717, 1.165) is 12.1 Å². The van der Waals surface area contributed by atoms with Crippen molar-refractivity contribution < 1.29 is 23.0 Å². The Kier molecular flexibility index (Phi) is 4.18. The fraction of sp³-hybridized carbons (Fsp3) is 0.182. The molecule has 3 heterocycles. The van der Waals surface area contributed by atoms with Gasteiger partial charge in [-0.3, -0.25) is 4.99 Å². The number of halogens is 2. The third-order valence-corrected chi connectivity index (χ3v) is 5.29. The molecule has 5 rings (SSSR count). The number of rotatable bonds is 2. The Bertz CT molecular complexity index is 1200. The summed E-state index contributed by atoms with van der Waals surface area (Å²) in [6.45, 7) is 0.448. The third kappa shape index (κ3) is 2.80. The molecule has 0 bridgehead atoms. The zero-order valence-corrected chi connectivity index (χ0v) is 16.0. The Morgan fingerprint density at radius 3 is 2.53 bits per heavy atom. The maximum atomic E-state index is 13.8. The van der Waals surface area contributed by atoms with Crippen LogP contribution >= 0.6 is 0 Å². The van der Waals surface area contributed by atoms with Gasteiger partial charge in [0.2, 0.25) is 5.88 Å². The van der Waals surface area contributed by atoms with Crippen LogP contribution in [0.25, 0.3) is 11.1 Å². The quantitative estimate of drug-likeness (QED) is 0.697. The van der Waals surface area contributed by atoms with Gasteiger partial charge in [-0.2, -0.15) is 0 Å². The SMILES string of the molecule is COc1cc2c(cn1)Oc1ccc(-c3ccc(F)c(F)c3)cc1C21COCC(N)=N1. The van der Waals surface area contributed by atoms with E-state index in [0.29, 0.717) is 45.5 Å². The van der Waals surface area contributed by atoms with Crippen molar-refractivity contribution in [3.8, 4) is 28.5 Å². The molecular formula is C22H17F2N3O3. The second-order valence-corrected chi connectivity index (χ2v) is 7.12. The topological polar surface area (TPSA) is 79.0 Å². The van der Waals surface area contributed by atoms with Gasteiger partial charge in [0.1, 0.15) is 23.7 Å². The van der Waals surface area contributed by atoms with Crippen molar-refractivity contribution in [1.29, 1.82) is 0 Å². The van der Waals surface area contributed by atoms with E-state index in [-0.39, 0.29) is 13.2 Å². The zero-order chi connectivity index (χ0) is 20.9. The first kappa shape index (κ1) is 18.5. The van der Waals surface area contributed by atoms with E-state index in [9.17, 15) is 8.78 Å². The number of hydrogen-bond donors (Lipinski definition) is 1. The molecule has 1 atom stereocenters. The second-order valence-electron chi connectivity index (χ2n) is 7.12. The molecule has 1 aromatic heterocycles. The van der Waals surface area contributed by atoms with Gasteiger partial charge in [-0.25, -0.2) is 13.8 Å². The number of pyridine rings is 1. The Morgan fingerprint density at radius 1 is 1.00 bits per heavy atom. The Morgan fingerprint density at radius 2 is 1.77 bits per heavy atom. The predicted octanol–water partition coefficient (Wildman–Crippen LogP) is 3.77. The first-order chi connectivity index (χ1) is 14.5. The van der Waals surface area contributed by atoms with E-state index in [1.807, 2.05) is 6.07 Å². The lowest BCUT2D eigenvalue weighted by Crippen LogP contribution is -2.42. The van der Waals surface area contributed by atoms with Crippen molar-refractivity contribution in [2.24, 2.45) is 10.7 Å². The average Bonchev–Trinajstić information content (AvgIpc) is 2.76. The number of benzene rings is 2. The molecule has 30 heavy (non-hydrogen) atoms. The molecule has 0 amide bonds. The standard InChI is InChI=1S/C22H17F2N3O3/c1-28-21-8-15-19(9-26-21)30-18-5-3-12(13-2-4-16(23)17(24)7-13)6-14(18)22(15)11-29-10-20(25)27-22/h2-9H,10-11H2,1H3,(H2,25,27). The molecule has 3 aromatic rings. The minimum atomic E-state index is -0.976. The lowest BCUT2D eigenvalue weighted by atomic mass is 9.80. The molecule has 2 aliphatic rings. The van der Waals surface area contributed by atoms with Crippen molar-refractivity contribution in [2.45, 2.75) is 5.54 Å². The summed E-state index contributed by atoms with van der Waals surface area (Å²) in [6.07, 6.45) is 1.57. The van der Waals surface area contributed by atoms with E-state index in [2.05, 4.69) is 4.98 Å². The Balaban J connectivity index is 1.74. The minimum absolute atomic E-state index is 0.221. The number of nitrogens with two attached hydrogens (primary N) is 1. The summed E-state index contributed by atoms with van der Waals surface area (Å²) in [7, 11) is 1.52. The van der Waals surface area contributed by atoms with E-state index in [4.69, 9.17) is 24.9 Å². The van der Waals surface area contributed by atoms with Crippen LogP contribution in [0.1, 0.15) is 11.1 Å². The molecule has 0 aliphatic carbocycles. The van der Waals surface area contributed by atoms with Gasteiger partial charge in [-0.15, -0.1) is 0 Å². The van der Waals surface area contributed by atoms with Crippen LogP contribution in [0.15, 0.2) is 53.7 Å². The van der Waals surface area contributed by atoms with Crippen LogP contribution in [0.4, 0.5) is 8.78 Å². The lowest BCUT2D eigenvalue weighted by Gasteiger charge is -2.39. The van der Waals surface area contributed by atoms with Gasteiger partial charge in [0.25, 0.3) is 0 Å². The molecule has 8 heteroatoms. The smallest absolute Gasteiger partial charge is 0.213 e. The molecule has 0 radical (unpaired) electrons. The molecule has 1 spiro atoms. The van der Waals surface area contributed by atoms with Gasteiger partial charge in [-0.05, 0) is 35.4 Å². The highest BCUT2D eigenvalue weighted by molar-refractivity contribution is 5.84. The highest BCUT2D eigenvalue weighted by atomic mass is 19.2. The number of hydrogen-bond acceptors (Lipinski definition) is 6. The molecule has 0 saturated carbocycles. The number of fused-ring (bicyclic) bond motifs is 4. The van der Waals surface area contributed by atoms with Crippen LogP contribution in [0.2, 0.25) is 0 Å². The fourth-order valence-corrected chi connectivity index (χ4v) is 3.89. The van der Waals surface area contributed by atoms with Crippen LogP contribution in [0, 0.1) is 11.6 Å². The number of aromatic nitrogens is 1. The highest BCUT2D eigenvalue weighted by Gasteiger charge is 2.45. The van der Waals surface area contributed by atoms with Crippen LogP contribution in [0.5, 0.6) is 17.4 Å². The van der Waals surface area contributed by atoms with Crippen molar-refractivity contribution in [3.05, 3.63) is 71.4 Å². The molecule has 2 aromatic carbocycles. The van der Waals surface area contributed by atoms with E-state index in [1.54, 1.807) is 24.4 Å². The maximum absolute atomic E-state index is 13.8. The first-order valence-corrected chi connectivity index (χ1v) is 9.24. The maximum Gasteiger partial charge on any atom is 0.213 e.